The Bertz CT molecular complexity index is 1130. The summed E-state index contributed by atoms with van der Waals surface area (Å²) < 4.78 is 65.3. The largest absolute Gasteiger partial charge is 0.416 e. The lowest BCUT2D eigenvalue weighted by Crippen LogP contribution is -2.50. The van der Waals surface area contributed by atoms with Gasteiger partial charge in [-0.05, 0) is 24.3 Å². The van der Waals surface area contributed by atoms with E-state index in [4.69, 9.17) is 0 Å². The van der Waals surface area contributed by atoms with E-state index < -0.39 is 31.6 Å². The number of nitro groups is 1. The number of nitrogens with zero attached hydrogens (tertiary/aromatic N) is 3. The number of amides is 1. The first kappa shape index (κ1) is 24.5. The molecular formula is C20H21F3N4O5S. The summed E-state index contributed by atoms with van der Waals surface area (Å²) in [5.41, 5.74) is -0.880. The second kappa shape index (κ2) is 9.75. The number of rotatable bonds is 7. The maximum Gasteiger partial charge on any atom is 0.416 e. The number of nitro benzene ring substituents is 1. The first-order valence-electron chi connectivity index (χ1n) is 9.92. The summed E-state index contributed by atoms with van der Waals surface area (Å²) >= 11 is 0. The van der Waals surface area contributed by atoms with Crippen LogP contribution in [-0.2, 0) is 21.0 Å². The molecule has 13 heteroatoms. The van der Waals surface area contributed by atoms with E-state index in [2.05, 4.69) is 5.32 Å². The summed E-state index contributed by atoms with van der Waals surface area (Å²) in [6.07, 6.45) is -4.63. The highest BCUT2D eigenvalue weighted by Crippen LogP contribution is 2.31. The fourth-order valence-corrected chi connectivity index (χ4v) is 4.87. The highest BCUT2D eigenvalue weighted by molar-refractivity contribution is 7.89. The van der Waals surface area contributed by atoms with Crippen LogP contribution in [-0.4, -0.2) is 61.2 Å². The Morgan fingerprint density at radius 1 is 1.06 bits per heavy atom. The maximum atomic E-state index is 12.9. The van der Waals surface area contributed by atoms with Crippen LogP contribution in [0, 0.1) is 10.1 Å². The Hall–Kier alpha value is -3.19. The summed E-state index contributed by atoms with van der Waals surface area (Å²) in [5, 5.41) is 13.9. The van der Waals surface area contributed by atoms with Gasteiger partial charge in [0.25, 0.3) is 5.69 Å². The van der Waals surface area contributed by atoms with Crippen LogP contribution in [0.15, 0.2) is 53.4 Å². The zero-order chi connectivity index (χ0) is 24.2. The molecule has 0 radical (unpaired) electrons. The summed E-state index contributed by atoms with van der Waals surface area (Å²) in [4.78, 5) is 23.9. The number of hydrogen-bond donors (Lipinski definition) is 1. The predicted octanol–water partition coefficient (Wildman–Crippen LogP) is 2.95. The second-order valence-electron chi connectivity index (χ2n) is 7.26. The number of piperazine rings is 1. The Morgan fingerprint density at radius 2 is 1.73 bits per heavy atom. The van der Waals surface area contributed by atoms with E-state index >= 15 is 0 Å². The van der Waals surface area contributed by atoms with E-state index in [1.54, 1.807) is 6.07 Å². The predicted molar refractivity (Wildman–Crippen MR) is 113 cm³/mol. The van der Waals surface area contributed by atoms with Crippen molar-refractivity contribution in [1.29, 1.82) is 0 Å². The Labute approximate surface area is 188 Å². The van der Waals surface area contributed by atoms with Crippen molar-refractivity contribution in [2.24, 2.45) is 0 Å². The molecule has 2 aromatic carbocycles. The molecule has 1 saturated heterocycles. The van der Waals surface area contributed by atoms with Gasteiger partial charge in [-0.25, -0.2) is 8.42 Å². The fourth-order valence-electron chi connectivity index (χ4n) is 3.40. The zero-order valence-corrected chi connectivity index (χ0v) is 18.1. The number of carbonyl (C=O) groups excluding carboxylic acids is 1. The van der Waals surface area contributed by atoms with Gasteiger partial charge >= 0.3 is 6.18 Å². The smallest absolute Gasteiger partial charge is 0.379 e. The van der Waals surface area contributed by atoms with Gasteiger partial charge in [0.1, 0.15) is 5.69 Å². The number of carbonyl (C=O) groups is 1. The summed E-state index contributed by atoms with van der Waals surface area (Å²) in [7, 11) is -4.14. The van der Waals surface area contributed by atoms with Gasteiger partial charge in [0, 0.05) is 45.2 Å². The highest BCUT2D eigenvalue weighted by Gasteiger charge is 2.34. The molecule has 0 aliphatic carbocycles. The van der Waals surface area contributed by atoms with Gasteiger partial charge in [-0.2, -0.15) is 17.5 Å². The van der Waals surface area contributed by atoms with Crippen molar-refractivity contribution in [3.8, 4) is 0 Å². The molecule has 0 bridgehead atoms. The molecule has 1 heterocycles. The number of nitrogens with one attached hydrogen (secondary N) is 1. The number of para-hydroxylation sites is 2. The van der Waals surface area contributed by atoms with Crippen LogP contribution < -0.4 is 5.32 Å². The number of alkyl halides is 3. The average molecular weight is 486 g/mol. The third-order valence-electron chi connectivity index (χ3n) is 5.15. The summed E-state index contributed by atoms with van der Waals surface area (Å²) in [5.74, 6) is -0.266. The molecule has 0 spiro atoms. The molecule has 9 nitrogen and oxygen atoms in total. The molecule has 0 aromatic heterocycles. The van der Waals surface area contributed by atoms with Crippen molar-refractivity contribution in [3.63, 3.8) is 0 Å². The van der Waals surface area contributed by atoms with E-state index in [1.165, 1.54) is 23.1 Å². The minimum Gasteiger partial charge on any atom is -0.379 e. The molecule has 3 rings (SSSR count). The molecule has 0 unspecified atom stereocenters. The van der Waals surface area contributed by atoms with E-state index in [0.717, 1.165) is 22.5 Å². The molecule has 1 N–H and O–H groups in total. The van der Waals surface area contributed by atoms with Crippen LogP contribution in [0.4, 0.5) is 24.5 Å². The monoisotopic (exact) mass is 486 g/mol. The van der Waals surface area contributed by atoms with Gasteiger partial charge in [0.05, 0.1) is 15.4 Å². The lowest BCUT2D eigenvalue weighted by Gasteiger charge is -2.34. The van der Waals surface area contributed by atoms with Crippen molar-refractivity contribution in [2.75, 3.05) is 38.0 Å². The van der Waals surface area contributed by atoms with Crippen molar-refractivity contribution >= 4 is 27.3 Å². The number of halogens is 3. The van der Waals surface area contributed by atoms with Crippen LogP contribution in [0.25, 0.3) is 0 Å². The first-order chi connectivity index (χ1) is 15.5. The molecule has 2 aromatic rings. The summed E-state index contributed by atoms with van der Waals surface area (Å²) in [6.45, 7) is 0.210. The third-order valence-corrected chi connectivity index (χ3v) is 7.04. The van der Waals surface area contributed by atoms with Crippen molar-refractivity contribution in [2.45, 2.75) is 17.5 Å². The molecule has 1 amide bonds. The van der Waals surface area contributed by atoms with Crippen LogP contribution in [0.5, 0.6) is 0 Å². The molecule has 33 heavy (non-hydrogen) atoms. The third kappa shape index (κ3) is 5.79. The molecule has 178 valence electrons. The minimum absolute atomic E-state index is 0.0342. The Balaban J connectivity index is 1.55. The van der Waals surface area contributed by atoms with Crippen molar-refractivity contribution in [1.82, 2.24) is 9.21 Å². The number of benzene rings is 2. The maximum absolute atomic E-state index is 12.9. The fraction of sp³-hybridized carbons (Fsp3) is 0.350. The molecule has 1 aliphatic rings. The topological polar surface area (TPSA) is 113 Å². The molecular weight excluding hydrogens is 465 g/mol. The normalized spacial score (nSPS) is 15.3. The number of hydrogen-bond acceptors (Lipinski definition) is 6. The van der Waals surface area contributed by atoms with Crippen LogP contribution in [0.3, 0.4) is 0 Å². The summed E-state index contributed by atoms with van der Waals surface area (Å²) in [6, 6.07) is 9.57. The lowest BCUT2D eigenvalue weighted by atomic mass is 10.2. The van der Waals surface area contributed by atoms with Crippen LogP contribution >= 0.6 is 0 Å². The van der Waals surface area contributed by atoms with Gasteiger partial charge in [-0.3, -0.25) is 14.9 Å². The minimum atomic E-state index is -4.66. The molecule has 0 atom stereocenters. The lowest BCUT2D eigenvalue weighted by molar-refractivity contribution is -0.384. The Kier molecular flexibility index (Phi) is 7.22. The SMILES string of the molecule is O=C(CCNc1ccccc1[N+](=O)[O-])N1CCN(S(=O)(=O)c2cccc(C(F)(F)F)c2)CC1. The zero-order valence-electron chi connectivity index (χ0n) is 17.3. The first-order valence-corrected chi connectivity index (χ1v) is 11.4. The van der Waals surface area contributed by atoms with E-state index in [9.17, 15) is 36.5 Å². The van der Waals surface area contributed by atoms with Crippen LogP contribution in [0.2, 0.25) is 0 Å². The van der Waals surface area contributed by atoms with Crippen molar-refractivity contribution in [3.05, 3.63) is 64.2 Å². The molecule has 0 saturated carbocycles. The van der Waals surface area contributed by atoms with Crippen LogP contribution in [0.1, 0.15) is 12.0 Å². The highest BCUT2D eigenvalue weighted by atomic mass is 32.2. The van der Waals surface area contributed by atoms with E-state index in [1.807, 2.05) is 0 Å². The van der Waals surface area contributed by atoms with E-state index in [0.29, 0.717) is 6.07 Å². The molecule has 1 fully saturated rings. The van der Waals surface area contributed by atoms with Crippen molar-refractivity contribution < 1.29 is 31.3 Å². The van der Waals surface area contributed by atoms with Gasteiger partial charge in [0.2, 0.25) is 15.9 Å². The van der Waals surface area contributed by atoms with Gasteiger partial charge in [-0.1, -0.05) is 18.2 Å². The number of anilines is 1. The molecule has 1 aliphatic heterocycles. The quantitative estimate of drug-likeness (QED) is 0.476. The van der Waals surface area contributed by atoms with Gasteiger partial charge in [-0.15, -0.1) is 0 Å². The van der Waals surface area contributed by atoms with Gasteiger partial charge < -0.3 is 10.2 Å². The standard InChI is InChI=1S/C20H21F3N4O5S/c21-20(22,23)15-4-3-5-16(14-15)33(31,32)26-12-10-25(11-13-26)19(28)8-9-24-17-6-1-2-7-18(17)27(29)30/h1-7,14,24H,8-13H2. The average Bonchev–Trinajstić information content (AvgIpc) is 2.79. The Morgan fingerprint density at radius 3 is 2.36 bits per heavy atom. The number of sulfonamides is 1. The van der Waals surface area contributed by atoms with Gasteiger partial charge in [0.15, 0.2) is 0 Å². The van der Waals surface area contributed by atoms with E-state index in [-0.39, 0.29) is 56.4 Å². The second-order valence-corrected chi connectivity index (χ2v) is 9.20.